The van der Waals surface area contributed by atoms with Gasteiger partial charge in [0, 0.05) is 11.1 Å². The fourth-order valence-electron chi connectivity index (χ4n) is 2.47. The van der Waals surface area contributed by atoms with Gasteiger partial charge in [-0.1, -0.05) is 36.4 Å². The summed E-state index contributed by atoms with van der Waals surface area (Å²) in [7, 11) is 1.52. The van der Waals surface area contributed by atoms with Gasteiger partial charge in [0.25, 0.3) is 0 Å². The lowest BCUT2D eigenvalue weighted by Crippen LogP contribution is -2.37. The number of carbonyl (C=O) groups excluding carboxylic acids is 2. The fourth-order valence-corrected chi connectivity index (χ4v) is 2.47. The summed E-state index contributed by atoms with van der Waals surface area (Å²) in [6.45, 7) is 0. The Hall–Kier alpha value is -2.46. The van der Waals surface area contributed by atoms with Crippen LogP contribution in [0.15, 0.2) is 48.5 Å². The molecule has 4 nitrogen and oxygen atoms in total. The number of benzene rings is 2. The Morgan fingerprint density at radius 1 is 0.900 bits per heavy atom. The molecule has 0 radical (unpaired) electrons. The zero-order valence-corrected chi connectivity index (χ0v) is 10.8. The molecular weight excluding hydrogens is 256 g/mol. The fraction of sp³-hybridized carbons (Fsp3) is 0.125. The smallest absolute Gasteiger partial charge is 0.216 e. The molecule has 0 saturated carbocycles. The first-order valence-corrected chi connectivity index (χ1v) is 6.14. The Labute approximate surface area is 115 Å². The molecule has 2 aromatic carbocycles. The van der Waals surface area contributed by atoms with Crippen LogP contribution >= 0.6 is 0 Å². The summed E-state index contributed by atoms with van der Waals surface area (Å²) in [6, 6.07) is 12.7. The summed E-state index contributed by atoms with van der Waals surface area (Å²) in [4.78, 5) is 24.8. The summed E-state index contributed by atoms with van der Waals surface area (Å²) in [5.41, 5.74) is -1.35. The van der Waals surface area contributed by atoms with Crippen molar-refractivity contribution in [3.63, 3.8) is 0 Å². The van der Waals surface area contributed by atoms with E-state index in [4.69, 9.17) is 4.74 Å². The molecule has 4 heteroatoms. The molecule has 20 heavy (non-hydrogen) atoms. The van der Waals surface area contributed by atoms with E-state index in [-0.39, 0.29) is 16.7 Å². The molecule has 0 aliphatic heterocycles. The Balaban J connectivity index is 2.13. The van der Waals surface area contributed by atoms with Crippen LogP contribution in [0, 0.1) is 0 Å². The van der Waals surface area contributed by atoms with Crippen LogP contribution < -0.4 is 4.74 Å². The van der Waals surface area contributed by atoms with Crippen molar-refractivity contribution < 1.29 is 19.4 Å². The minimum Gasteiger partial charge on any atom is -0.497 e. The largest absolute Gasteiger partial charge is 0.497 e. The quantitative estimate of drug-likeness (QED) is 0.846. The van der Waals surface area contributed by atoms with Crippen LogP contribution in [0.1, 0.15) is 26.3 Å². The van der Waals surface area contributed by atoms with Crippen molar-refractivity contribution in [3.05, 3.63) is 65.2 Å². The molecule has 3 rings (SSSR count). The molecule has 0 saturated heterocycles. The number of hydrogen-bond acceptors (Lipinski definition) is 4. The van der Waals surface area contributed by atoms with Crippen LogP contribution in [0.4, 0.5) is 0 Å². The van der Waals surface area contributed by atoms with E-state index in [2.05, 4.69) is 0 Å². The van der Waals surface area contributed by atoms with E-state index >= 15 is 0 Å². The van der Waals surface area contributed by atoms with E-state index in [9.17, 15) is 14.7 Å². The summed E-state index contributed by atoms with van der Waals surface area (Å²) in [5.74, 6) is -0.570. The summed E-state index contributed by atoms with van der Waals surface area (Å²) in [5, 5.41) is 10.6. The molecule has 0 heterocycles. The molecule has 100 valence electrons. The lowest BCUT2D eigenvalue weighted by molar-refractivity contribution is 0.0321. The normalized spacial score (nSPS) is 16.1. The van der Waals surface area contributed by atoms with Gasteiger partial charge in [0.2, 0.25) is 17.2 Å². The van der Waals surface area contributed by atoms with Crippen LogP contribution in [0.3, 0.4) is 0 Å². The van der Waals surface area contributed by atoms with E-state index in [0.29, 0.717) is 5.75 Å². The number of hydrogen-bond donors (Lipinski definition) is 1. The number of aliphatic hydroxyl groups is 1. The van der Waals surface area contributed by atoms with Gasteiger partial charge in [-0.2, -0.15) is 0 Å². The van der Waals surface area contributed by atoms with Gasteiger partial charge in [-0.3, -0.25) is 9.59 Å². The third-order valence-electron chi connectivity index (χ3n) is 3.58. The predicted octanol–water partition coefficient (Wildman–Crippen LogP) is 1.96. The second-order valence-electron chi connectivity index (χ2n) is 4.64. The first-order chi connectivity index (χ1) is 9.59. The number of carbonyl (C=O) groups is 2. The molecule has 0 atom stereocenters. The first kappa shape index (κ1) is 12.6. The standard InChI is InChI=1S/C16H12O4/c1-20-11-8-6-10(7-9-11)16(19)14(17)12-4-2-3-5-13(12)15(16)18/h2-9,19H,1H3. The van der Waals surface area contributed by atoms with E-state index in [1.807, 2.05) is 0 Å². The maximum Gasteiger partial charge on any atom is 0.216 e. The van der Waals surface area contributed by atoms with Crippen molar-refractivity contribution in [1.29, 1.82) is 0 Å². The van der Waals surface area contributed by atoms with Crippen LogP contribution in [-0.2, 0) is 5.60 Å². The van der Waals surface area contributed by atoms with Crippen molar-refractivity contribution in [1.82, 2.24) is 0 Å². The number of ketones is 2. The third-order valence-corrected chi connectivity index (χ3v) is 3.58. The van der Waals surface area contributed by atoms with Gasteiger partial charge < -0.3 is 9.84 Å². The Kier molecular flexibility index (Phi) is 2.69. The molecule has 0 spiro atoms. The molecule has 0 fully saturated rings. The van der Waals surface area contributed by atoms with Gasteiger partial charge in [-0.25, -0.2) is 0 Å². The van der Waals surface area contributed by atoms with Crippen molar-refractivity contribution in [2.24, 2.45) is 0 Å². The SMILES string of the molecule is COc1ccc(C2(O)C(=O)c3ccccc3C2=O)cc1. The zero-order chi connectivity index (χ0) is 14.3. The number of rotatable bonds is 2. The maximum absolute atomic E-state index is 12.4. The van der Waals surface area contributed by atoms with Crippen molar-refractivity contribution >= 4 is 11.6 Å². The number of methoxy groups -OCH3 is 1. The second-order valence-corrected chi connectivity index (χ2v) is 4.64. The van der Waals surface area contributed by atoms with Gasteiger partial charge in [-0.05, 0) is 17.7 Å². The molecule has 0 amide bonds. The van der Waals surface area contributed by atoms with Gasteiger partial charge >= 0.3 is 0 Å². The topological polar surface area (TPSA) is 63.6 Å². The van der Waals surface area contributed by atoms with E-state index in [1.165, 1.54) is 19.2 Å². The van der Waals surface area contributed by atoms with E-state index in [1.54, 1.807) is 36.4 Å². The average molecular weight is 268 g/mol. The highest BCUT2D eigenvalue weighted by Gasteiger charge is 2.52. The molecule has 1 N–H and O–H groups in total. The summed E-state index contributed by atoms with van der Waals surface area (Å²) >= 11 is 0. The highest BCUT2D eigenvalue weighted by atomic mass is 16.5. The van der Waals surface area contributed by atoms with Gasteiger partial charge in [0.15, 0.2) is 0 Å². The Morgan fingerprint density at radius 2 is 1.40 bits per heavy atom. The van der Waals surface area contributed by atoms with Gasteiger partial charge in [0.05, 0.1) is 7.11 Å². The first-order valence-electron chi connectivity index (χ1n) is 6.14. The molecule has 0 bridgehead atoms. The van der Waals surface area contributed by atoms with E-state index in [0.717, 1.165) is 0 Å². The third kappa shape index (κ3) is 1.52. The second kappa shape index (κ2) is 4.28. The minimum absolute atomic E-state index is 0.254. The molecule has 0 unspecified atom stereocenters. The van der Waals surface area contributed by atoms with Crippen LogP contribution in [-0.4, -0.2) is 23.8 Å². The maximum atomic E-state index is 12.4. The summed E-state index contributed by atoms with van der Waals surface area (Å²) in [6.07, 6.45) is 0. The van der Waals surface area contributed by atoms with E-state index < -0.39 is 17.2 Å². The highest BCUT2D eigenvalue weighted by molar-refractivity contribution is 6.31. The predicted molar refractivity (Wildman–Crippen MR) is 72.0 cm³/mol. The van der Waals surface area contributed by atoms with Crippen LogP contribution in [0.5, 0.6) is 5.75 Å². The zero-order valence-electron chi connectivity index (χ0n) is 10.8. The average Bonchev–Trinajstić information content (AvgIpc) is 2.71. The molecule has 1 aliphatic rings. The Morgan fingerprint density at radius 3 is 1.85 bits per heavy atom. The lowest BCUT2D eigenvalue weighted by Gasteiger charge is -2.19. The number of fused-ring (bicyclic) bond motifs is 1. The van der Waals surface area contributed by atoms with Crippen molar-refractivity contribution in [2.75, 3.05) is 7.11 Å². The highest BCUT2D eigenvalue weighted by Crippen LogP contribution is 2.37. The van der Waals surface area contributed by atoms with Crippen molar-refractivity contribution in [3.8, 4) is 5.75 Å². The Bertz CT molecular complexity index is 666. The van der Waals surface area contributed by atoms with Gasteiger partial charge in [0.1, 0.15) is 5.75 Å². The lowest BCUT2D eigenvalue weighted by atomic mass is 9.89. The number of Topliss-reactive ketones (excluding diaryl/α,β-unsaturated/α-hetero) is 2. The summed E-state index contributed by atoms with van der Waals surface area (Å²) < 4.78 is 5.03. The molecule has 2 aromatic rings. The molecule has 1 aliphatic carbocycles. The monoisotopic (exact) mass is 268 g/mol. The molecule has 0 aromatic heterocycles. The van der Waals surface area contributed by atoms with Crippen molar-refractivity contribution in [2.45, 2.75) is 5.60 Å². The number of ether oxygens (including phenoxy) is 1. The minimum atomic E-state index is -2.13. The van der Waals surface area contributed by atoms with Crippen LogP contribution in [0.25, 0.3) is 0 Å². The van der Waals surface area contributed by atoms with Gasteiger partial charge in [-0.15, -0.1) is 0 Å². The van der Waals surface area contributed by atoms with Crippen LogP contribution in [0.2, 0.25) is 0 Å². The molecular formula is C16H12O4.